The fourth-order valence-corrected chi connectivity index (χ4v) is 2.80. The smallest absolute Gasteiger partial charge is 0.267 e. The van der Waals surface area contributed by atoms with Crippen molar-refractivity contribution in [2.24, 2.45) is 5.73 Å². The molecular weight excluding hydrogens is 346 g/mol. The number of amides is 2. The van der Waals surface area contributed by atoms with Gasteiger partial charge in [0.25, 0.3) is 11.8 Å². The number of hydrogen-bond acceptors (Lipinski definition) is 5. The van der Waals surface area contributed by atoms with E-state index in [1.807, 2.05) is 0 Å². The number of methoxy groups -OCH3 is 1. The van der Waals surface area contributed by atoms with E-state index in [0.717, 1.165) is 0 Å². The monoisotopic (exact) mass is 365 g/mol. The molecule has 2 aromatic rings. The molecule has 2 heterocycles. The molecule has 138 valence electrons. The van der Waals surface area contributed by atoms with Gasteiger partial charge in [0.15, 0.2) is 0 Å². The molecule has 0 spiro atoms. The normalized spacial score (nSPS) is 18.8. The Bertz CT molecular complexity index is 977. The van der Waals surface area contributed by atoms with Crippen molar-refractivity contribution in [3.63, 3.8) is 0 Å². The summed E-state index contributed by atoms with van der Waals surface area (Å²) in [6, 6.07) is 10.2. The number of aromatic nitrogens is 1. The predicted octanol–water partition coefficient (Wildman–Crippen LogP) is 0.801. The Labute approximate surface area is 156 Å². The minimum atomic E-state index is -1.65. The lowest BCUT2D eigenvalue weighted by Gasteiger charge is -2.13. The van der Waals surface area contributed by atoms with Gasteiger partial charge in [-0.3, -0.25) is 9.59 Å². The number of benzene rings is 1. The van der Waals surface area contributed by atoms with E-state index in [2.05, 4.69) is 16.8 Å². The molecule has 0 bridgehead atoms. The third-order valence-electron chi connectivity index (χ3n) is 4.37. The van der Waals surface area contributed by atoms with Crippen molar-refractivity contribution in [3.8, 4) is 28.8 Å². The van der Waals surface area contributed by atoms with Crippen molar-refractivity contribution in [1.82, 2.24) is 9.88 Å². The molecule has 0 unspecified atom stereocenters. The summed E-state index contributed by atoms with van der Waals surface area (Å²) in [7, 11) is 3.12. The number of nitrogens with two attached hydrogens (primary N) is 1. The molecule has 1 atom stereocenters. The summed E-state index contributed by atoms with van der Waals surface area (Å²) in [6.07, 6.45) is 0.272. The van der Waals surface area contributed by atoms with Gasteiger partial charge in [0.2, 0.25) is 5.60 Å². The number of ether oxygens (including phenoxy) is 1. The van der Waals surface area contributed by atoms with Gasteiger partial charge in [0.1, 0.15) is 11.4 Å². The number of rotatable bonds is 3. The Morgan fingerprint density at radius 1 is 1.37 bits per heavy atom. The van der Waals surface area contributed by atoms with Gasteiger partial charge in [0, 0.05) is 43.3 Å². The first kappa shape index (κ1) is 18.4. The molecule has 0 aliphatic carbocycles. The lowest BCUT2D eigenvalue weighted by molar-refractivity contribution is -0.137. The van der Waals surface area contributed by atoms with Crippen molar-refractivity contribution in [2.75, 3.05) is 20.7 Å². The molecule has 1 aromatic heterocycles. The van der Waals surface area contributed by atoms with E-state index >= 15 is 0 Å². The Morgan fingerprint density at radius 2 is 2.15 bits per heavy atom. The van der Waals surface area contributed by atoms with Crippen molar-refractivity contribution in [2.45, 2.75) is 12.0 Å². The second-order valence-corrected chi connectivity index (χ2v) is 6.31. The zero-order valence-electron chi connectivity index (χ0n) is 15.0. The molecule has 3 N–H and O–H groups in total. The minimum absolute atomic E-state index is 0.0923. The molecule has 2 amide bonds. The Morgan fingerprint density at radius 3 is 2.78 bits per heavy atom. The van der Waals surface area contributed by atoms with Crippen LogP contribution in [-0.4, -0.2) is 53.1 Å². The van der Waals surface area contributed by atoms with Gasteiger partial charge in [-0.25, -0.2) is 4.98 Å². The molecule has 27 heavy (non-hydrogen) atoms. The highest BCUT2D eigenvalue weighted by molar-refractivity contribution is 5.92. The van der Waals surface area contributed by atoms with Crippen molar-refractivity contribution in [3.05, 3.63) is 47.7 Å². The fraction of sp³-hybridized carbons (Fsp3) is 0.250. The highest BCUT2D eigenvalue weighted by Crippen LogP contribution is 2.24. The molecule has 7 heteroatoms. The van der Waals surface area contributed by atoms with Gasteiger partial charge in [-0.2, -0.15) is 0 Å². The maximum absolute atomic E-state index is 12.0. The summed E-state index contributed by atoms with van der Waals surface area (Å²) in [4.78, 5) is 29.2. The van der Waals surface area contributed by atoms with E-state index < -0.39 is 17.4 Å². The first-order chi connectivity index (χ1) is 12.8. The van der Waals surface area contributed by atoms with Crippen LogP contribution < -0.4 is 10.5 Å². The topological polar surface area (TPSA) is 106 Å². The molecule has 1 fully saturated rings. The van der Waals surface area contributed by atoms with Gasteiger partial charge in [-0.1, -0.05) is 24.0 Å². The van der Waals surface area contributed by atoms with Gasteiger partial charge >= 0.3 is 0 Å². The SMILES string of the molecule is COc1cc(C(N)=O)nc(-c2cccc(C#C[C@@]3(O)CCN(C)C3=O)c2)c1. The highest BCUT2D eigenvalue weighted by Gasteiger charge is 2.42. The van der Waals surface area contributed by atoms with Crippen LogP contribution in [-0.2, 0) is 4.79 Å². The molecule has 7 nitrogen and oxygen atoms in total. The van der Waals surface area contributed by atoms with E-state index in [1.165, 1.54) is 18.1 Å². The number of pyridine rings is 1. The van der Waals surface area contributed by atoms with Gasteiger partial charge in [0.05, 0.1) is 12.8 Å². The largest absolute Gasteiger partial charge is 0.497 e. The summed E-state index contributed by atoms with van der Waals surface area (Å²) in [6.45, 7) is 0.466. The summed E-state index contributed by atoms with van der Waals surface area (Å²) in [5, 5.41) is 10.4. The van der Waals surface area contributed by atoms with Crippen LogP contribution in [0, 0.1) is 11.8 Å². The van der Waals surface area contributed by atoms with Crippen LogP contribution in [0.1, 0.15) is 22.5 Å². The summed E-state index contributed by atoms with van der Waals surface area (Å²) in [5.41, 5.74) is 5.57. The number of carbonyl (C=O) groups excluding carboxylic acids is 2. The molecule has 1 aliphatic rings. The number of aliphatic hydroxyl groups is 1. The van der Waals surface area contributed by atoms with E-state index in [1.54, 1.807) is 37.4 Å². The van der Waals surface area contributed by atoms with Crippen LogP contribution in [0.2, 0.25) is 0 Å². The maximum Gasteiger partial charge on any atom is 0.267 e. The van der Waals surface area contributed by atoms with Gasteiger partial charge in [-0.15, -0.1) is 0 Å². The summed E-state index contributed by atoms with van der Waals surface area (Å²) < 4.78 is 5.20. The Hall–Kier alpha value is -3.37. The first-order valence-corrected chi connectivity index (χ1v) is 8.30. The average Bonchev–Trinajstić information content (AvgIpc) is 2.94. The maximum atomic E-state index is 12.0. The molecule has 1 aromatic carbocycles. The summed E-state index contributed by atoms with van der Waals surface area (Å²) in [5.74, 6) is 4.94. The third kappa shape index (κ3) is 3.76. The van der Waals surface area contributed by atoms with E-state index in [0.29, 0.717) is 29.1 Å². The lowest BCUT2D eigenvalue weighted by atomic mass is 10.0. The van der Waals surface area contributed by atoms with Crippen LogP contribution >= 0.6 is 0 Å². The third-order valence-corrected chi connectivity index (χ3v) is 4.37. The Balaban J connectivity index is 1.96. The van der Waals surface area contributed by atoms with E-state index in [-0.39, 0.29) is 12.1 Å². The zero-order chi connectivity index (χ0) is 19.6. The lowest BCUT2D eigenvalue weighted by Crippen LogP contribution is -2.37. The number of hydrogen-bond donors (Lipinski definition) is 2. The standard InChI is InChI=1S/C20H19N3O4/c1-23-9-8-20(26,19(23)25)7-6-13-4-3-5-14(10-13)16-11-15(27-2)12-17(22-16)18(21)24/h3-5,10-12,26H,8-9H2,1-2H3,(H2,21,24)/t20-/m1/s1. The van der Waals surface area contributed by atoms with Crippen LogP contribution in [0.25, 0.3) is 11.3 Å². The second kappa shape index (κ2) is 7.09. The quantitative estimate of drug-likeness (QED) is 0.783. The summed E-state index contributed by atoms with van der Waals surface area (Å²) >= 11 is 0. The Kier molecular flexibility index (Phi) is 4.84. The minimum Gasteiger partial charge on any atom is -0.497 e. The van der Waals surface area contributed by atoms with Crippen molar-refractivity contribution in [1.29, 1.82) is 0 Å². The van der Waals surface area contributed by atoms with Crippen LogP contribution in [0.5, 0.6) is 5.75 Å². The molecular formula is C20H19N3O4. The van der Waals surface area contributed by atoms with Gasteiger partial charge in [-0.05, 0) is 12.1 Å². The zero-order valence-corrected chi connectivity index (χ0v) is 15.0. The molecule has 0 saturated carbocycles. The predicted molar refractivity (Wildman–Crippen MR) is 98.8 cm³/mol. The molecule has 3 rings (SSSR count). The highest BCUT2D eigenvalue weighted by atomic mass is 16.5. The van der Waals surface area contributed by atoms with Gasteiger partial charge < -0.3 is 20.5 Å². The van der Waals surface area contributed by atoms with E-state index in [9.17, 15) is 14.7 Å². The first-order valence-electron chi connectivity index (χ1n) is 8.30. The molecule has 1 saturated heterocycles. The number of carbonyl (C=O) groups is 2. The number of primary amides is 1. The number of nitrogens with zero attached hydrogens (tertiary/aromatic N) is 2. The fourth-order valence-electron chi connectivity index (χ4n) is 2.80. The van der Waals surface area contributed by atoms with Crippen LogP contribution in [0.3, 0.4) is 0 Å². The molecule has 0 radical (unpaired) electrons. The van der Waals surface area contributed by atoms with Crippen molar-refractivity contribution < 1.29 is 19.4 Å². The number of likely N-dealkylation sites (N-methyl/N-ethyl adjacent to an activating group) is 1. The van der Waals surface area contributed by atoms with Crippen molar-refractivity contribution >= 4 is 11.8 Å². The van der Waals surface area contributed by atoms with Crippen LogP contribution in [0.15, 0.2) is 36.4 Å². The number of likely N-dealkylation sites (tertiary alicyclic amines) is 1. The van der Waals surface area contributed by atoms with Crippen LogP contribution in [0.4, 0.5) is 0 Å². The molecule has 1 aliphatic heterocycles. The van der Waals surface area contributed by atoms with E-state index in [4.69, 9.17) is 10.5 Å². The second-order valence-electron chi connectivity index (χ2n) is 6.31. The average molecular weight is 365 g/mol.